The van der Waals surface area contributed by atoms with Gasteiger partial charge in [-0.25, -0.2) is 13.4 Å². The number of anilines is 1. The Morgan fingerprint density at radius 2 is 1.76 bits per heavy atom. The van der Waals surface area contributed by atoms with E-state index >= 15 is 0 Å². The molecule has 2 heterocycles. The minimum absolute atomic E-state index is 0.205. The number of nitrogens with zero attached hydrogens (tertiary/aromatic N) is 3. The normalized spacial score (nSPS) is 11.8. The maximum absolute atomic E-state index is 13.6. The predicted molar refractivity (Wildman–Crippen MR) is 133 cm³/mol. The van der Waals surface area contributed by atoms with Gasteiger partial charge in [-0.2, -0.15) is 0 Å². The third kappa shape index (κ3) is 4.54. The van der Waals surface area contributed by atoms with Crippen molar-refractivity contribution < 1.29 is 13.2 Å². The lowest BCUT2D eigenvalue weighted by Gasteiger charge is -2.20. The lowest BCUT2D eigenvalue weighted by Crippen LogP contribution is -2.30. The molecule has 0 atom stereocenters. The van der Waals surface area contributed by atoms with Crippen molar-refractivity contribution in [2.75, 3.05) is 4.90 Å². The summed E-state index contributed by atoms with van der Waals surface area (Å²) in [5, 5.41) is 0.0439. The smallest absolute Gasteiger partial charge is 0.260 e. The number of thiazole rings is 1. The Morgan fingerprint density at radius 3 is 2.39 bits per heavy atom. The number of fused-ring (bicyclic) bond motifs is 1. The predicted octanol–water partition coefficient (Wildman–Crippen LogP) is 5.34. The summed E-state index contributed by atoms with van der Waals surface area (Å²) < 4.78 is 25.9. The van der Waals surface area contributed by atoms with Gasteiger partial charge in [0.05, 0.1) is 32.6 Å². The highest BCUT2D eigenvalue weighted by Crippen LogP contribution is 2.33. The summed E-state index contributed by atoms with van der Waals surface area (Å²) in [5.74, 6) is -0.262. The molecule has 0 bridgehead atoms. The fourth-order valence-corrected chi connectivity index (χ4v) is 5.51. The topological polar surface area (TPSA) is 80.2 Å². The number of sulfone groups is 1. The van der Waals surface area contributed by atoms with Crippen LogP contribution in [0.1, 0.15) is 41.0 Å². The molecule has 4 aromatic rings. The molecular formula is C25H25N3O3S2. The van der Waals surface area contributed by atoms with Crippen molar-refractivity contribution in [2.45, 2.75) is 44.4 Å². The van der Waals surface area contributed by atoms with Crippen molar-refractivity contribution >= 4 is 42.4 Å². The van der Waals surface area contributed by atoms with Crippen molar-refractivity contribution in [3.8, 4) is 0 Å². The first-order chi connectivity index (χ1) is 15.7. The van der Waals surface area contributed by atoms with Crippen LogP contribution in [0.5, 0.6) is 0 Å². The Hall–Kier alpha value is -3.10. The summed E-state index contributed by atoms with van der Waals surface area (Å²) in [5.41, 5.74) is 4.23. The molecule has 0 saturated carbocycles. The van der Waals surface area contributed by atoms with E-state index in [9.17, 15) is 13.2 Å². The molecule has 0 radical (unpaired) electrons. The maximum Gasteiger partial charge on any atom is 0.260 e. The number of carbonyl (C=O) groups is 1. The number of rotatable bonds is 6. The number of aryl methyl sites for hydroxylation is 2. The second-order valence-electron chi connectivity index (χ2n) is 8.18. The molecule has 2 aromatic heterocycles. The van der Waals surface area contributed by atoms with Crippen LogP contribution < -0.4 is 4.90 Å². The summed E-state index contributed by atoms with van der Waals surface area (Å²) in [6.45, 7) is 7.60. The number of amides is 1. The zero-order valence-corrected chi connectivity index (χ0v) is 20.6. The highest BCUT2D eigenvalue weighted by Gasteiger charge is 2.24. The van der Waals surface area contributed by atoms with Gasteiger partial charge in [0.15, 0.2) is 15.0 Å². The zero-order valence-electron chi connectivity index (χ0n) is 18.9. The van der Waals surface area contributed by atoms with E-state index < -0.39 is 15.1 Å². The van der Waals surface area contributed by atoms with E-state index in [1.807, 2.05) is 38.1 Å². The number of pyridine rings is 1. The van der Waals surface area contributed by atoms with Crippen LogP contribution in [-0.2, 0) is 16.4 Å². The highest BCUT2D eigenvalue weighted by molar-refractivity contribution is 7.92. The number of benzene rings is 2. The largest absolute Gasteiger partial charge is 0.278 e. The summed E-state index contributed by atoms with van der Waals surface area (Å²) >= 11 is 1.45. The molecule has 0 fully saturated rings. The first kappa shape index (κ1) is 23.1. The summed E-state index contributed by atoms with van der Waals surface area (Å²) in [6, 6.07) is 15.8. The van der Waals surface area contributed by atoms with Gasteiger partial charge in [-0.3, -0.25) is 14.7 Å². The third-order valence-electron chi connectivity index (χ3n) is 5.65. The first-order valence-electron chi connectivity index (χ1n) is 10.6. The minimum atomic E-state index is -3.41. The van der Waals surface area contributed by atoms with E-state index in [0.717, 1.165) is 27.0 Å². The number of carbonyl (C=O) groups excluding carboxylic acids is 1. The number of aromatic nitrogens is 2. The van der Waals surface area contributed by atoms with Gasteiger partial charge in [0.2, 0.25) is 0 Å². The van der Waals surface area contributed by atoms with Crippen molar-refractivity contribution in [2.24, 2.45) is 0 Å². The molecule has 170 valence electrons. The average Bonchev–Trinajstić information content (AvgIpc) is 3.25. The van der Waals surface area contributed by atoms with E-state index in [-0.39, 0.29) is 17.3 Å². The lowest BCUT2D eigenvalue weighted by molar-refractivity contribution is 0.0984. The molecule has 0 aliphatic heterocycles. The van der Waals surface area contributed by atoms with E-state index in [0.29, 0.717) is 10.7 Å². The van der Waals surface area contributed by atoms with Gasteiger partial charge in [-0.15, -0.1) is 0 Å². The Balaban J connectivity index is 1.75. The van der Waals surface area contributed by atoms with Crippen LogP contribution in [0.15, 0.2) is 65.7 Å². The van der Waals surface area contributed by atoms with Crippen LogP contribution in [-0.4, -0.2) is 29.5 Å². The summed E-state index contributed by atoms with van der Waals surface area (Å²) in [7, 11) is -3.41. The van der Waals surface area contributed by atoms with Crippen LogP contribution in [0.25, 0.3) is 10.2 Å². The van der Waals surface area contributed by atoms with Crippen LogP contribution in [0.3, 0.4) is 0 Å². The molecule has 0 aliphatic carbocycles. The lowest BCUT2D eigenvalue weighted by atomic mass is 10.1. The van der Waals surface area contributed by atoms with Gasteiger partial charge in [0.25, 0.3) is 5.91 Å². The summed E-state index contributed by atoms with van der Waals surface area (Å²) in [6.07, 6.45) is 1.69. The molecule has 0 spiro atoms. The van der Waals surface area contributed by atoms with Gasteiger partial charge in [-0.1, -0.05) is 23.5 Å². The van der Waals surface area contributed by atoms with E-state index in [2.05, 4.69) is 11.1 Å². The Morgan fingerprint density at radius 1 is 1.03 bits per heavy atom. The quantitative estimate of drug-likeness (QED) is 0.373. The highest BCUT2D eigenvalue weighted by atomic mass is 32.2. The van der Waals surface area contributed by atoms with Crippen molar-refractivity contribution in [3.05, 3.63) is 83.2 Å². The average molecular weight is 480 g/mol. The molecule has 0 N–H and O–H groups in total. The molecule has 4 rings (SSSR count). The minimum Gasteiger partial charge on any atom is -0.278 e. The molecule has 0 aliphatic rings. The number of hydrogen-bond donors (Lipinski definition) is 0. The maximum atomic E-state index is 13.6. The van der Waals surface area contributed by atoms with Gasteiger partial charge in [-0.05, 0) is 81.3 Å². The van der Waals surface area contributed by atoms with E-state index in [1.165, 1.54) is 23.5 Å². The summed E-state index contributed by atoms with van der Waals surface area (Å²) in [4.78, 5) is 24.6. The van der Waals surface area contributed by atoms with Crippen molar-refractivity contribution in [3.63, 3.8) is 0 Å². The van der Waals surface area contributed by atoms with E-state index in [1.54, 1.807) is 37.1 Å². The first-order valence-corrected chi connectivity index (χ1v) is 13.0. The molecule has 0 unspecified atom stereocenters. The Kier molecular flexibility index (Phi) is 6.32. The molecule has 6 nitrogen and oxygen atoms in total. The second-order valence-corrected chi connectivity index (χ2v) is 11.7. The Labute approximate surface area is 197 Å². The van der Waals surface area contributed by atoms with Crippen molar-refractivity contribution in [1.82, 2.24) is 9.97 Å². The van der Waals surface area contributed by atoms with E-state index in [4.69, 9.17) is 4.98 Å². The third-order valence-corrected chi connectivity index (χ3v) is 8.86. The standard InChI is InChI=1S/C25H25N3O3S2/c1-16(2)33(30,31)21-11-9-19(10-12-21)24(29)28(15-20-7-5-6-14-26-20)25-27-23-18(4)17(3)8-13-22(23)32-25/h5-14,16H,15H2,1-4H3. The van der Waals surface area contributed by atoms with Gasteiger partial charge in [0, 0.05) is 11.8 Å². The van der Waals surface area contributed by atoms with Gasteiger partial charge in [0.1, 0.15) is 0 Å². The monoisotopic (exact) mass is 479 g/mol. The van der Waals surface area contributed by atoms with Gasteiger partial charge < -0.3 is 0 Å². The fourth-order valence-electron chi connectivity index (χ4n) is 3.42. The molecule has 2 aromatic carbocycles. The zero-order chi connectivity index (χ0) is 23.8. The molecule has 1 amide bonds. The van der Waals surface area contributed by atoms with Crippen molar-refractivity contribution in [1.29, 1.82) is 0 Å². The van der Waals surface area contributed by atoms with Crippen LogP contribution in [0.2, 0.25) is 0 Å². The molecular weight excluding hydrogens is 454 g/mol. The number of hydrogen-bond acceptors (Lipinski definition) is 6. The second kappa shape index (κ2) is 9.03. The van der Waals surface area contributed by atoms with Gasteiger partial charge >= 0.3 is 0 Å². The molecule has 33 heavy (non-hydrogen) atoms. The van der Waals surface area contributed by atoms with Crippen LogP contribution >= 0.6 is 11.3 Å². The van der Waals surface area contributed by atoms with Crippen LogP contribution in [0, 0.1) is 13.8 Å². The molecule has 8 heteroatoms. The fraction of sp³-hybridized carbons (Fsp3) is 0.240. The Bertz CT molecular complexity index is 1410. The SMILES string of the molecule is Cc1ccc2sc(N(Cc3ccccn3)C(=O)c3ccc(S(=O)(=O)C(C)C)cc3)nc2c1C. The van der Waals surface area contributed by atoms with Crippen LogP contribution in [0.4, 0.5) is 5.13 Å². The molecule has 0 saturated heterocycles.